The Bertz CT molecular complexity index is 955. The van der Waals surface area contributed by atoms with Gasteiger partial charge in [0.15, 0.2) is 5.16 Å². The third-order valence-electron chi connectivity index (χ3n) is 4.89. The summed E-state index contributed by atoms with van der Waals surface area (Å²) in [5.74, 6) is 0.661. The summed E-state index contributed by atoms with van der Waals surface area (Å²) < 4.78 is 38.2. The minimum Gasteiger partial charge on any atom is -0.368 e. The van der Waals surface area contributed by atoms with Gasteiger partial charge in [-0.25, -0.2) is 9.97 Å². The van der Waals surface area contributed by atoms with Crippen LogP contribution in [0.4, 0.5) is 18.9 Å². The summed E-state index contributed by atoms with van der Waals surface area (Å²) in [7, 11) is 0. The SMILES string of the molecule is FC(F)(F)c1ccnc(SCCN2CCN(c3cccc4c3=CCN=4)CC2)n1. The van der Waals surface area contributed by atoms with Gasteiger partial charge in [-0.3, -0.25) is 9.89 Å². The molecule has 4 rings (SSSR count). The molecule has 0 unspecified atom stereocenters. The number of hydrogen-bond acceptors (Lipinski definition) is 6. The first-order valence-electron chi connectivity index (χ1n) is 9.15. The Balaban J connectivity index is 1.28. The van der Waals surface area contributed by atoms with Crippen molar-refractivity contribution >= 4 is 23.5 Å². The number of aromatic nitrogens is 2. The van der Waals surface area contributed by atoms with Crippen LogP contribution < -0.4 is 15.5 Å². The van der Waals surface area contributed by atoms with Crippen molar-refractivity contribution in [1.82, 2.24) is 14.9 Å². The predicted octanol–water partition coefficient (Wildman–Crippen LogP) is 1.82. The molecule has 2 aliphatic heterocycles. The lowest BCUT2D eigenvalue weighted by atomic mass is 10.2. The van der Waals surface area contributed by atoms with Crippen LogP contribution in [0, 0.1) is 0 Å². The molecule has 2 aliphatic rings. The number of fused-ring (bicyclic) bond motifs is 1. The average Bonchev–Trinajstić information content (AvgIpc) is 3.17. The molecule has 1 fully saturated rings. The number of thioether (sulfide) groups is 1. The first kappa shape index (κ1) is 19.2. The Labute approximate surface area is 165 Å². The Morgan fingerprint density at radius 3 is 2.68 bits per heavy atom. The fourth-order valence-corrected chi connectivity index (χ4v) is 4.28. The monoisotopic (exact) mass is 407 g/mol. The highest BCUT2D eigenvalue weighted by Gasteiger charge is 2.32. The van der Waals surface area contributed by atoms with E-state index in [1.807, 2.05) is 6.07 Å². The highest BCUT2D eigenvalue weighted by Crippen LogP contribution is 2.28. The van der Waals surface area contributed by atoms with Gasteiger partial charge in [-0.15, -0.1) is 0 Å². The van der Waals surface area contributed by atoms with E-state index in [0.29, 0.717) is 5.75 Å². The lowest BCUT2D eigenvalue weighted by Crippen LogP contribution is -2.49. The molecule has 3 heterocycles. The molecule has 0 radical (unpaired) electrons. The molecule has 5 nitrogen and oxygen atoms in total. The first-order valence-corrected chi connectivity index (χ1v) is 10.1. The zero-order valence-corrected chi connectivity index (χ0v) is 16.0. The average molecular weight is 407 g/mol. The third-order valence-corrected chi connectivity index (χ3v) is 5.73. The van der Waals surface area contributed by atoms with E-state index in [1.165, 1.54) is 28.9 Å². The number of hydrogen-bond donors (Lipinski definition) is 0. The Morgan fingerprint density at radius 2 is 1.89 bits per heavy atom. The molecule has 0 atom stereocenters. The predicted molar refractivity (Wildman–Crippen MR) is 103 cm³/mol. The molecular formula is C19H20F3N5S. The number of halogens is 3. The van der Waals surface area contributed by atoms with Crippen LogP contribution >= 0.6 is 11.8 Å². The zero-order valence-electron chi connectivity index (χ0n) is 15.2. The van der Waals surface area contributed by atoms with Crippen LogP contribution in [-0.2, 0) is 6.18 Å². The van der Waals surface area contributed by atoms with Gasteiger partial charge in [0.1, 0.15) is 5.69 Å². The van der Waals surface area contributed by atoms with E-state index >= 15 is 0 Å². The first-order chi connectivity index (χ1) is 13.5. The van der Waals surface area contributed by atoms with Crippen molar-refractivity contribution in [3.8, 4) is 0 Å². The van der Waals surface area contributed by atoms with E-state index in [2.05, 4.69) is 43.0 Å². The maximum Gasteiger partial charge on any atom is 0.433 e. The second-order valence-corrected chi connectivity index (χ2v) is 7.72. The molecule has 0 amide bonds. The summed E-state index contributed by atoms with van der Waals surface area (Å²) >= 11 is 1.26. The molecule has 0 aliphatic carbocycles. The minimum atomic E-state index is -4.43. The molecule has 0 bridgehead atoms. The van der Waals surface area contributed by atoms with Gasteiger partial charge < -0.3 is 4.90 Å². The number of benzene rings is 1. The highest BCUT2D eigenvalue weighted by atomic mass is 32.2. The fourth-order valence-electron chi connectivity index (χ4n) is 3.45. The molecule has 1 aromatic carbocycles. The molecule has 0 spiro atoms. The summed E-state index contributed by atoms with van der Waals surface area (Å²) in [6, 6.07) is 7.14. The highest BCUT2D eigenvalue weighted by molar-refractivity contribution is 7.99. The number of anilines is 1. The van der Waals surface area contributed by atoms with Crippen LogP contribution in [0.1, 0.15) is 5.69 Å². The fraction of sp³-hybridized carbons (Fsp3) is 0.421. The van der Waals surface area contributed by atoms with Crippen molar-refractivity contribution in [2.75, 3.05) is 49.9 Å². The van der Waals surface area contributed by atoms with E-state index < -0.39 is 11.9 Å². The Kier molecular flexibility index (Phi) is 5.54. The summed E-state index contributed by atoms with van der Waals surface area (Å²) in [5, 5.41) is 2.47. The summed E-state index contributed by atoms with van der Waals surface area (Å²) in [4.78, 5) is 16.7. The van der Waals surface area contributed by atoms with Crippen LogP contribution in [0.25, 0.3) is 6.08 Å². The topological polar surface area (TPSA) is 44.6 Å². The summed E-state index contributed by atoms with van der Waals surface area (Å²) in [6.07, 6.45) is -1.10. The number of nitrogens with zero attached hydrogens (tertiary/aromatic N) is 5. The molecule has 1 aromatic heterocycles. The molecular weight excluding hydrogens is 387 g/mol. The maximum atomic E-state index is 12.7. The second kappa shape index (κ2) is 8.08. The smallest absolute Gasteiger partial charge is 0.368 e. The summed E-state index contributed by atoms with van der Waals surface area (Å²) in [5.41, 5.74) is 0.350. The van der Waals surface area contributed by atoms with Gasteiger partial charge >= 0.3 is 6.18 Å². The third kappa shape index (κ3) is 4.30. The van der Waals surface area contributed by atoms with Gasteiger partial charge in [0, 0.05) is 55.6 Å². The van der Waals surface area contributed by atoms with Crippen molar-refractivity contribution in [3.63, 3.8) is 0 Å². The van der Waals surface area contributed by atoms with E-state index in [1.54, 1.807) is 0 Å². The minimum absolute atomic E-state index is 0.174. The largest absolute Gasteiger partial charge is 0.433 e. The van der Waals surface area contributed by atoms with Gasteiger partial charge in [0.05, 0.1) is 11.9 Å². The van der Waals surface area contributed by atoms with Crippen LogP contribution in [0.3, 0.4) is 0 Å². The van der Waals surface area contributed by atoms with Gasteiger partial charge in [-0.2, -0.15) is 13.2 Å². The summed E-state index contributed by atoms with van der Waals surface area (Å²) in [6.45, 7) is 5.24. The Morgan fingerprint density at radius 1 is 1.07 bits per heavy atom. The molecule has 9 heteroatoms. The molecule has 0 N–H and O–H groups in total. The molecule has 148 valence electrons. The zero-order chi connectivity index (χ0) is 19.6. The van der Waals surface area contributed by atoms with Gasteiger partial charge in [-0.1, -0.05) is 23.9 Å². The molecule has 1 saturated heterocycles. The van der Waals surface area contributed by atoms with Crippen LogP contribution in [0.2, 0.25) is 0 Å². The van der Waals surface area contributed by atoms with Gasteiger partial charge in [0.25, 0.3) is 0 Å². The molecule has 0 saturated carbocycles. The normalized spacial score (nSPS) is 17.2. The van der Waals surface area contributed by atoms with Crippen molar-refractivity contribution in [3.05, 3.63) is 46.7 Å². The molecule has 2 aromatic rings. The maximum absolute atomic E-state index is 12.7. The number of rotatable bonds is 5. The quantitative estimate of drug-likeness (QED) is 0.559. The van der Waals surface area contributed by atoms with E-state index in [-0.39, 0.29) is 5.16 Å². The Hall–Kier alpha value is -2.13. The number of piperazine rings is 1. The van der Waals surface area contributed by atoms with Gasteiger partial charge in [-0.05, 0) is 18.2 Å². The second-order valence-electron chi connectivity index (χ2n) is 6.65. The van der Waals surface area contributed by atoms with Crippen molar-refractivity contribution in [2.45, 2.75) is 11.3 Å². The van der Waals surface area contributed by atoms with Crippen molar-refractivity contribution in [2.24, 2.45) is 4.99 Å². The van der Waals surface area contributed by atoms with E-state index in [0.717, 1.165) is 50.7 Å². The van der Waals surface area contributed by atoms with Gasteiger partial charge in [0.2, 0.25) is 0 Å². The standard InChI is InChI=1S/C19H20F3N5S/c20-19(21,22)17-5-7-24-18(25-17)28-13-12-26-8-10-27(11-9-26)16-3-1-2-15-14(16)4-6-23-15/h1-5,7H,6,8-13H2. The van der Waals surface area contributed by atoms with Crippen molar-refractivity contribution in [1.29, 1.82) is 0 Å². The van der Waals surface area contributed by atoms with Crippen LogP contribution in [0.5, 0.6) is 0 Å². The lowest BCUT2D eigenvalue weighted by molar-refractivity contribution is -0.141. The van der Waals surface area contributed by atoms with Crippen LogP contribution in [0.15, 0.2) is 40.6 Å². The van der Waals surface area contributed by atoms with Crippen LogP contribution in [-0.4, -0.2) is 59.9 Å². The van der Waals surface area contributed by atoms with Crippen molar-refractivity contribution < 1.29 is 13.2 Å². The number of alkyl halides is 3. The van der Waals surface area contributed by atoms with E-state index in [4.69, 9.17) is 0 Å². The molecule has 28 heavy (non-hydrogen) atoms. The van der Waals surface area contributed by atoms with E-state index in [9.17, 15) is 13.2 Å². The lowest BCUT2D eigenvalue weighted by Gasteiger charge is -2.36.